The van der Waals surface area contributed by atoms with E-state index < -0.39 is 10.0 Å². The van der Waals surface area contributed by atoms with Crippen molar-refractivity contribution in [2.45, 2.75) is 51.0 Å². The number of fused-ring (bicyclic) bond motifs is 1. The van der Waals surface area contributed by atoms with Crippen LogP contribution < -0.4 is 4.90 Å². The van der Waals surface area contributed by atoms with Gasteiger partial charge < -0.3 is 0 Å². The predicted octanol–water partition coefficient (Wildman–Crippen LogP) is 6.08. The number of nitrogens with zero attached hydrogens (tertiary/aromatic N) is 4. The average molecular weight is 537 g/mol. The summed E-state index contributed by atoms with van der Waals surface area (Å²) in [6, 6.07) is 17.8. The van der Waals surface area contributed by atoms with Crippen molar-refractivity contribution in [3.05, 3.63) is 83.7 Å². The first-order valence-electron chi connectivity index (χ1n) is 12.4. The lowest BCUT2D eigenvalue weighted by Gasteiger charge is -2.20. The van der Waals surface area contributed by atoms with Gasteiger partial charge in [0.25, 0.3) is 5.91 Å². The molecular weight excluding hydrogens is 504 g/mol. The van der Waals surface area contributed by atoms with Crippen molar-refractivity contribution in [3.63, 3.8) is 0 Å². The molecule has 0 radical (unpaired) electrons. The molecule has 2 aromatic carbocycles. The van der Waals surface area contributed by atoms with Crippen LogP contribution in [0.4, 0.5) is 5.13 Å². The van der Waals surface area contributed by atoms with Gasteiger partial charge in [0.2, 0.25) is 10.0 Å². The van der Waals surface area contributed by atoms with Crippen molar-refractivity contribution in [1.29, 1.82) is 0 Å². The van der Waals surface area contributed by atoms with Crippen molar-refractivity contribution in [1.82, 2.24) is 14.3 Å². The van der Waals surface area contributed by atoms with Gasteiger partial charge in [-0.25, -0.2) is 17.7 Å². The number of para-hydroxylation sites is 1. The monoisotopic (exact) mass is 536 g/mol. The number of carbonyl (C=O) groups is 1. The highest BCUT2D eigenvalue weighted by Crippen LogP contribution is 2.34. The molecule has 0 atom stereocenters. The van der Waals surface area contributed by atoms with E-state index in [9.17, 15) is 13.2 Å². The summed E-state index contributed by atoms with van der Waals surface area (Å²) in [6.45, 7) is 6.97. The normalized spacial score (nSPS) is 11.9. The highest BCUT2D eigenvalue weighted by atomic mass is 32.2. The summed E-state index contributed by atoms with van der Waals surface area (Å²) in [5, 5.41) is 0.578. The number of amides is 1. The van der Waals surface area contributed by atoms with E-state index >= 15 is 0 Å². The van der Waals surface area contributed by atoms with Gasteiger partial charge in [-0.2, -0.15) is 0 Å². The van der Waals surface area contributed by atoms with E-state index in [1.165, 1.54) is 27.8 Å². The number of thiazole rings is 1. The van der Waals surface area contributed by atoms with Crippen LogP contribution >= 0.6 is 11.3 Å². The first-order chi connectivity index (χ1) is 17.7. The quantitative estimate of drug-likeness (QED) is 0.245. The molecule has 0 unspecified atom stereocenters. The first kappa shape index (κ1) is 26.9. The van der Waals surface area contributed by atoms with E-state index in [4.69, 9.17) is 4.98 Å². The first-order valence-corrected chi connectivity index (χ1v) is 14.7. The lowest BCUT2D eigenvalue weighted by Crippen LogP contribution is -2.31. The molecule has 0 N–H and O–H groups in total. The molecule has 7 nitrogen and oxygen atoms in total. The zero-order valence-corrected chi connectivity index (χ0v) is 23.2. The van der Waals surface area contributed by atoms with Crippen LogP contribution in [-0.2, 0) is 16.6 Å². The number of hydrogen-bond acceptors (Lipinski definition) is 6. The minimum absolute atomic E-state index is 0.167. The van der Waals surface area contributed by atoms with Gasteiger partial charge in [-0.15, -0.1) is 0 Å². The second-order valence-electron chi connectivity index (χ2n) is 9.26. The molecule has 0 fully saturated rings. The minimum atomic E-state index is -3.62. The summed E-state index contributed by atoms with van der Waals surface area (Å²) < 4.78 is 28.2. The molecule has 9 heteroatoms. The Morgan fingerprint density at radius 3 is 2.43 bits per heavy atom. The molecule has 0 spiro atoms. The van der Waals surface area contributed by atoms with Gasteiger partial charge in [0.15, 0.2) is 5.13 Å². The predicted molar refractivity (Wildman–Crippen MR) is 150 cm³/mol. The number of anilines is 1. The van der Waals surface area contributed by atoms with Gasteiger partial charge in [0, 0.05) is 25.4 Å². The zero-order valence-electron chi connectivity index (χ0n) is 21.6. The highest BCUT2D eigenvalue weighted by molar-refractivity contribution is 7.89. The summed E-state index contributed by atoms with van der Waals surface area (Å²) >= 11 is 1.46. The van der Waals surface area contributed by atoms with Crippen LogP contribution in [0, 0.1) is 0 Å². The zero-order chi connectivity index (χ0) is 26.6. The van der Waals surface area contributed by atoms with E-state index in [0.29, 0.717) is 23.2 Å². The van der Waals surface area contributed by atoms with Crippen LogP contribution in [0.3, 0.4) is 0 Å². The van der Waals surface area contributed by atoms with Gasteiger partial charge >= 0.3 is 0 Å². The molecule has 0 bridgehead atoms. The van der Waals surface area contributed by atoms with Crippen molar-refractivity contribution in [2.75, 3.05) is 18.5 Å². The molecule has 4 rings (SSSR count). The maximum atomic E-state index is 13.8. The Morgan fingerprint density at radius 2 is 1.78 bits per heavy atom. The fourth-order valence-electron chi connectivity index (χ4n) is 4.03. The molecule has 0 aliphatic rings. The molecule has 4 aromatic rings. The SMILES string of the molecule is CCCCN(C)S(=O)(=O)c1ccc(C(=O)N(Cc2ccccn2)c2nc3c(C(C)C)cccc3s2)cc1. The van der Waals surface area contributed by atoms with E-state index in [1.807, 2.05) is 37.3 Å². The van der Waals surface area contributed by atoms with Crippen LogP contribution in [0.25, 0.3) is 10.2 Å². The summed E-state index contributed by atoms with van der Waals surface area (Å²) in [4.78, 5) is 24.9. The molecule has 0 aliphatic heterocycles. The van der Waals surface area contributed by atoms with E-state index in [-0.39, 0.29) is 17.3 Å². The van der Waals surface area contributed by atoms with Crippen LogP contribution in [0.15, 0.2) is 71.8 Å². The summed E-state index contributed by atoms with van der Waals surface area (Å²) in [6.07, 6.45) is 3.39. The third kappa shape index (κ3) is 5.89. The number of rotatable bonds is 10. The molecule has 2 aromatic heterocycles. The third-order valence-corrected chi connectivity index (χ3v) is 9.13. The second kappa shape index (κ2) is 11.5. The molecule has 37 heavy (non-hydrogen) atoms. The fourth-order valence-corrected chi connectivity index (χ4v) is 6.23. The average Bonchev–Trinajstić information content (AvgIpc) is 3.34. The van der Waals surface area contributed by atoms with Crippen molar-refractivity contribution in [3.8, 4) is 0 Å². The molecule has 0 saturated carbocycles. The third-order valence-electron chi connectivity index (χ3n) is 6.22. The number of hydrogen-bond donors (Lipinski definition) is 0. The molecule has 0 saturated heterocycles. The summed E-state index contributed by atoms with van der Waals surface area (Å²) in [5.74, 6) is 0.0302. The maximum absolute atomic E-state index is 13.8. The van der Waals surface area contributed by atoms with Crippen molar-refractivity contribution >= 4 is 42.6 Å². The van der Waals surface area contributed by atoms with Gasteiger partial charge in [-0.1, -0.05) is 56.7 Å². The number of aromatic nitrogens is 2. The van der Waals surface area contributed by atoms with Crippen molar-refractivity contribution < 1.29 is 13.2 Å². The highest BCUT2D eigenvalue weighted by Gasteiger charge is 2.25. The number of sulfonamides is 1. The van der Waals surface area contributed by atoms with Crippen molar-refractivity contribution in [2.24, 2.45) is 0 Å². The minimum Gasteiger partial charge on any atom is -0.278 e. The van der Waals surface area contributed by atoms with Gasteiger partial charge in [0.05, 0.1) is 27.4 Å². The lowest BCUT2D eigenvalue weighted by atomic mass is 10.0. The number of carbonyl (C=O) groups excluding carboxylic acids is 1. The second-order valence-corrected chi connectivity index (χ2v) is 12.3. The number of unbranched alkanes of at least 4 members (excludes halogenated alkanes) is 1. The topological polar surface area (TPSA) is 83.5 Å². The Labute approximate surface area is 222 Å². The molecular formula is C28H32N4O3S2. The Balaban J connectivity index is 1.69. The van der Waals surface area contributed by atoms with Crippen LogP contribution in [0.5, 0.6) is 0 Å². The Hall–Kier alpha value is -3.14. The Morgan fingerprint density at radius 1 is 1.03 bits per heavy atom. The number of pyridine rings is 1. The smallest absolute Gasteiger partial charge is 0.260 e. The fraction of sp³-hybridized carbons (Fsp3) is 0.321. The van der Waals surface area contributed by atoms with Gasteiger partial charge in [-0.05, 0) is 60.4 Å². The van der Waals surface area contributed by atoms with Gasteiger partial charge in [-0.3, -0.25) is 14.7 Å². The standard InChI is InChI=1S/C28H32N4O3S2/c1-5-6-18-31(4)37(34,35)23-15-13-21(14-16-23)27(33)32(19-22-10-7-8-17-29-22)28-30-26-24(20(2)3)11-9-12-25(26)36-28/h7-17,20H,5-6,18-19H2,1-4H3. The molecule has 2 heterocycles. The van der Waals surface area contributed by atoms with Crippen LogP contribution in [0.2, 0.25) is 0 Å². The van der Waals surface area contributed by atoms with Gasteiger partial charge in [0.1, 0.15) is 0 Å². The van der Waals surface area contributed by atoms with Crippen LogP contribution in [-0.4, -0.2) is 42.2 Å². The Kier molecular flexibility index (Phi) is 8.36. The van der Waals surface area contributed by atoms with E-state index in [1.54, 1.807) is 30.3 Å². The molecule has 1 amide bonds. The summed E-state index contributed by atoms with van der Waals surface area (Å²) in [5.41, 5.74) is 3.14. The lowest BCUT2D eigenvalue weighted by molar-refractivity contribution is 0.0984. The molecule has 0 aliphatic carbocycles. The Bertz CT molecular complexity index is 1470. The van der Waals surface area contributed by atoms with E-state index in [0.717, 1.165) is 34.3 Å². The largest absolute Gasteiger partial charge is 0.278 e. The van der Waals surface area contributed by atoms with Crippen LogP contribution in [0.1, 0.15) is 61.1 Å². The molecule has 194 valence electrons. The number of benzene rings is 2. The maximum Gasteiger partial charge on any atom is 0.260 e. The van der Waals surface area contributed by atoms with E-state index in [2.05, 4.69) is 24.9 Å². The summed E-state index contributed by atoms with van der Waals surface area (Å²) in [7, 11) is -2.04.